The van der Waals surface area contributed by atoms with Gasteiger partial charge in [0.25, 0.3) is 0 Å². The molecule has 0 saturated heterocycles. The van der Waals surface area contributed by atoms with E-state index in [-0.39, 0.29) is 12.6 Å². The third-order valence-electron chi connectivity index (χ3n) is 4.96. The molecule has 1 aliphatic rings. The maximum Gasteiger partial charge on any atom is 0.344 e. The number of carbonyl (C=O) groups is 1. The van der Waals surface area contributed by atoms with E-state index < -0.39 is 0 Å². The number of esters is 1. The van der Waals surface area contributed by atoms with Crippen LogP contribution in [0.4, 0.5) is 5.69 Å². The molecular weight excluding hydrogens is 326 g/mol. The van der Waals surface area contributed by atoms with Gasteiger partial charge in [-0.25, -0.2) is 4.79 Å². The summed E-state index contributed by atoms with van der Waals surface area (Å²) < 4.78 is 10.5. The Morgan fingerprint density at radius 2 is 1.85 bits per heavy atom. The molecule has 0 saturated carbocycles. The zero-order chi connectivity index (χ0) is 18.6. The topological polar surface area (TPSA) is 38.8 Å². The maximum absolute atomic E-state index is 11.4. The zero-order valence-electron chi connectivity index (χ0n) is 16.6. The van der Waals surface area contributed by atoms with Gasteiger partial charge < -0.3 is 14.4 Å². The number of hydrogen-bond donors (Lipinski definition) is 0. The number of ether oxygens (including phenoxy) is 2. The molecule has 0 spiro atoms. The van der Waals surface area contributed by atoms with Gasteiger partial charge in [-0.2, -0.15) is 0 Å². The Morgan fingerprint density at radius 1 is 1.08 bits per heavy atom. The van der Waals surface area contributed by atoms with E-state index in [1.54, 1.807) is 6.92 Å². The Kier molecular flexibility index (Phi) is 9.36. The third-order valence-corrected chi connectivity index (χ3v) is 4.96. The highest BCUT2D eigenvalue weighted by atomic mass is 16.6. The van der Waals surface area contributed by atoms with Crippen LogP contribution < -0.4 is 9.64 Å². The molecule has 0 unspecified atom stereocenters. The van der Waals surface area contributed by atoms with Gasteiger partial charge in [0.05, 0.1) is 6.61 Å². The number of fused-ring (bicyclic) bond motifs is 1. The summed E-state index contributed by atoms with van der Waals surface area (Å²) in [5.74, 6) is 0.445. The van der Waals surface area contributed by atoms with Gasteiger partial charge in [0.2, 0.25) is 0 Å². The number of hydrogen-bond acceptors (Lipinski definition) is 4. The molecule has 1 aliphatic heterocycles. The van der Waals surface area contributed by atoms with E-state index in [1.165, 1.54) is 62.6 Å². The van der Waals surface area contributed by atoms with Gasteiger partial charge in [-0.1, -0.05) is 45.4 Å². The molecule has 0 amide bonds. The first-order valence-corrected chi connectivity index (χ1v) is 10.4. The number of anilines is 1. The highest BCUT2D eigenvalue weighted by molar-refractivity contribution is 5.71. The van der Waals surface area contributed by atoms with E-state index in [1.807, 2.05) is 6.07 Å². The van der Waals surface area contributed by atoms with Crippen molar-refractivity contribution in [1.29, 1.82) is 0 Å². The lowest BCUT2D eigenvalue weighted by Crippen LogP contribution is -2.30. The lowest BCUT2D eigenvalue weighted by Gasteiger charge is -2.31. The number of aryl methyl sites for hydroxylation is 1. The summed E-state index contributed by atoms with van der Waals surface area (Å²) in [6.45, 7) is 6.72. The number of nitrogens with zero attached hydrogens (tertiary/aromatic N) is 1. The first-order chi connectivity index (χ1) is 12.7. The first-order valence-electron chi connectivity index (χ1n) is 10.4. The third kappa shape index (κ3) is 6.89. The Morgan fingerprint density at radius 3 is 2.62 bits per heavy atom. The van der Waals surface area contributed by atoms with E-state index in [2.05, 4.69) is 24.0 Å². The Hall–Kier alpha value is -1.71. The fourth-order valence-corrected chi connectivity index (χ4v) is 3.58. The summed E-state index contributed by atoms with van der Waals surface area (Å²) in [5, 5.41) is 0. The molecule has 0 atom stereocenters. The summed E-state index contributed by atoms with van der Waals surface area (Å²) in [4.78, 5) is 13.9. The average Bonchev–Trinajstić information content (AvgIpc) is 2.65. The molecule has 1 aromatic rings. The number of rotatable bonds is 12. The minimum atomic E-state index is -0.314. The second-order valence-electron chi connectivity index (χ2n) is 7.10. The van der Waals surface area contributed by atoms with Crippen LogP contribution >= 0.6 is 0 Å². The van der Waals surface area contributed by atoms with Gasteiger partial charge >= 0.3 is 5.97 Å². The van der Waals surface area contributed by atoms with Gasteiger partial charge in [0, 0.05) is 18.8 Å². The van der Waals surface area contributed by atoms with Gasteiger partial charge in [0.1, 0.15) is 5.75 Å². The van der Waals surface area contributed by atoms with Crippen LogP contribution in [-0.2, 0) is 16.0 Å². The van der Waals surface area contributed by atoms with E-state index >= 15 is 0 Å². The van der Waals surface area contributed by atoms with Crippen LogP contribution in [0.2, 0.25) is 0 Å². The van der Waals surface area contributed by atoms with Crippen molar-refractivity contribution in [1.82, 2.24) is 0 Å². The van der Waals surface area contributed by atoms with Crippen LogP contribution in [0.3, 0.4) is 0 Å². The monoisotopic (exact) mass is 361 g/mol. The van der Waals surface area contributed by atoms with Crippen molar-refractivity contribution in [3.63, 3.8) is 0 Å². The molecule has 0 radical (unpaired) electrons. The molecule has 4 nitrogen and oxygen atoms in total. The van der Waals surface area contributed by atoms with Gasteiger partial charge in [-0.15, -0.1) is 0 Å². The van der Waals surface area contributed by atoms with E-state index in [0.29, 0.717) is 6.61 Å². The molecule has 26 heavy (non-hydrogen) atoms. The average molecular weight is 362 g/mol. The molecule has 0 N–H and O–H groups in total. The fourth-order valence-electron chi connectivity index (χ4n) is 3.58. The Bertz CT molecular complexity index is 544. The molecule has 4 heteroatoms. The molecular formula is C22H35NO3. The maximum atomic E-state index is 11.4. The van der Waals surface area contributed by atoms with Crippen molar-refractivity contribution in [3.8, 4) is 5.75 Å². The van der Waals surface area contributed by atoms with Crippen molar-refractivity contribution < 1.29 is 14.3 Å². The van der Waals surface area contributed by atoms with Gasteiger partial charge in [-0.05, 0) is 49.9 Å². The Labute approximate surface area is 158 Å². The predicted molar refractivity (Wildman–Crippen MR) is 107 cm³/mol. The lowest BCUT2D eigenvalue weighted by atomic mass is 10.0. The van der Waals surface area contributed by atoms with Crippen LogP contribution in [-0.4, -0.2) is 32.3 Å². The van der Waals surface area contributed by atoms with Crippen molar-refractivity contribution in [2.45, 2.75) is 71.6 Å². The van der Waals surface area contributed by atoms with Crippen LogP contribution in [0.1, 0.15) is 70.8 Å². The number of benzene rings is 1. The van der Waals surface area contributed by atoms with E-state index in [4.69, 9.17) is 9.47 Å². The molecule has 1 aromatic carbocycles. The van der Waals surface area contributed by atoms with Crippen LogP contribution in [0.5, 0.6) is 5.75 Å². The van der Waals surface area contributed by atoms with E-state index in [9.17, 15) is 4.79 Å². The summed E-state index contributed by atoms with van der Waals surface area (Å²) in [5.41, 5.74) is 2.67. The fraction of sp³-hybridized carbons (Fsp3) is 0.682. The molecule has 2 rings (SSSR count). The molecule has 0 fully saturated rings. The van der Waals surface area contributed by atoms with Gasteiger partial charge in [0.15, 0.2) is 6.61 Å². The predicted octanol–water partition coefficient (Wildman–Crippen LogP) is 5.13. The van der Waals surface area contributed by atoms with Crippen molar-refractivity contribution in [3.05, 3.63) is 23.8 Å². The first kappa shape index (κ1) is 20.6. The van der Waals surface area contributed by atoms with E-state index in [0.717, 1.165) is 25.3 Å². The van der Waals surface area contributed by atoms with Crippen LogP contribution in [0.25, 0.3) is 0 Å². The molecule has 0 aliphatic carbocycles. The van der Waals surface area contributed by atoms with Crippen LogP contribution in [0.15, 0.2) is 18.2 Å². The standard InChI is InChI=1S/C22H35NO3/c1-3-5-6-7-8-9-10-15-23-16-11-12-19-17-20(13-14-21(19)23)26-18-22(24)25-4-2/h13-14,17H,3-12,15-16,18H2,1-2H3. The van der Waals surface area contributed by atoms with Crippen molar-refractivity contribution in [2.75, 3.05) is 31.2 Å². The minimum Gasteiger partial charge on any atom is -0.482 e. The van der Waals surface area contributed by atoms with Crippen LogP contribution in [0, 0.1) is 0 Å². The smallest absolute Gasteiger partial charge is 0.344 e. The molecule has 0 aromatic heterocycles. The van der Waals surface area contributed by atoms with Crippen molar-refractivity contribution in [2.24, 2.45) is 0 Å². The summed E-state index contributed by atoms with van der Waals surface area (Å²) in [6, 6.07) is 6.21. The second-order valence-corrected chi connectivity index (χ2v) is 7.10. The highest BCUT2D eigenvalue weighted by Gasteiger charge is 2.17. The summed E-state index contributed by atoms with van der Waals surface area (Å²) in [6.07, 6.45) is 11.7. The normalized spacial score (nSPS) is 13.4. The molecule has 0 bridgehead atoms. The molecule has 146 valence electrons. The lowest BCUT2D eigenvalue weighted by molar-refractivity contribution is -0.145. The second kappa shape index (κ2) is 11.8. The van der Waals surface area contributed by atoms with Gasteiger partial charge in [-0.3, -0.25) is 0 Å². The number of carbonyl (C=O) groups excluding carboxylic acids is 1. The summed E-state index contributed by atoms with van der Waals surface area (Å²) >= 11 is 0. The minimum absolute atomic E-state index is 0.0195. The largest absolute Gasteiger partial charge is 0.482 e. The zero-order valence-corrected chi connectivity index (χ0v) is 16.6. The summed E-state index contributed by atoms with van der Waals surface area (Å²) in [7, 11) is 0. The SMILES string of the molecule is CCCCCCCCCN1CCCc2cc(OCC(=O)OCC)ccc21. The Balaban J connectivity index is 1.78. The quantitative estimate of drug-likeness (QED) is 0.382. The molecule has 1 heterocycles. The number of unbranched alkanes of at least 4 members (excludes halogenated alkanes) is 6. The highest BCUT2D eigenvalue weighted by Crippen LogP contribution is 2.30. The van der Waals surface area contributed by atoms with Crippen molar-refractivity contribution >= 4 is 11.7 Å².